The molecule has 0 fully saturated rings. The van der Waals surface area contributed by atoms with E-state index >= 15 is 0 Å². The lowest BCUT2D eigenvalue weighted by Crippen LogP contribution is -2.29. The molecule has 0 aliphatic carbocycles. The lowest BCUT2D eigenvalue weighted by atomic mass is 9.88. The van der Waals surface area contributed by atoms with E-state index in [4.69, 9.17) is 10.00 Å². The molecule has 0 aromatic heterocycles. The summed E-state index contributed by atoms with van der Waals surface area (Å²) in [5.41, 5.74) is 1.83. The van der Waals surface area contributed by atoms with Crippen LogP contribution in [0, 0.1) is 17.1 Å². The first-order valence-corrected chi connectivity index (χ1v) is 9.03. The zero-order valence-corrected chi connectivity index (χ0v) is 16.0. The summed E-state index contributed by atoms with van der Waals surface area (Å²) in [7, 11) is 1.70. The fraction of sp³-hybridized carbons (Fsp3) is 0.364. The third kappa shape index (κ3) is 6.10. The van der Waals surface area contributed by atoms with Crippen LogP contribution < -0.4 is 4.74 Å². The maximum Gasteiger partial charge on any atom is 0.223 e. The van der Waals surface area contributed by atoms with Crippen molar-refractivity contribution in [2.45, 2.75) is 38.7 Å². The maximum absolute atomic E-state index is 13.3. The van der Waals surface area contributed by atoms with Crippen LogP contribution in [0.1, 0.15) is 43.7 Å². The number of hydrogen-bond donors (Lipinski definition) is 0. The third-order valence-corrected chi connectivity index (χ3v) is 4.29. The maximum atomic E-state index is 13.3. The first-order chi connectivity index (χ1) is 12.9. The highest BCUT2D eigenvalue weighted by molar-refractivity contribution is 5.77. The minimum atomic E-state index is -0.310. The van der Waals surface area contributed by atoms with Gasteiger partial charge in [-0.3, -0.25) is 4.79 Å². The van der Waals surface area contributed by atoms with Crippen LogP contribution in [0.4, 0.5) is 4.39 Å². The molecule has 4 nitrogen and oxygen atoms in total. The Morgan fingerprint density at radius 2 is 1.67 bits per heavy atom. The van der Waals surface area contributed by atoms with Gasteiger partial charge >= 0.3 is 0 Å². The van der Waals surface area contributed by atoms with Gasteiger partial charge in [-0.15, -0.1) is 0 Å². The highest BCUT2D eigenvalue weighted by Gasteiger charge is 2.21. The Labute approximate surface area is 160 Å². The third-order valence-electron chi connectivity index (χ3n) is 4.29. The number of rotatable bonds is 8. The Morgan fingerprint density at radius 1 is 1.11 bits per heavy atom. The molecule has 0 bridgehead atoms. The SMILES string of the molecule is CC(C)Oc1ccc([C@@H](CC(=O)N(C)CCC#N)c2ccc(F)cc2)cc1. The predicted octanol–water partition coefficient (Wildman–Crippen LogP) is 4.51. The topological polar surface area (TPSA) is 53.3 Å². The van der Waals surface area contributed by atoms with E-state index < -0.39 is 0 Å². The van der Waals surface area contributed by atoms with Crippen molar-refractivity contribution in [3.05, 3.63) is 65.5 Å². The van der Waals surface area contributed by atoms with Crippen LogP contribution in [0.2, 0.25) is 0 Å². The number of nitriles is 1. The molecule has 2 aromatic carbocycles. The molecule has 2 aromatic rings. The summed E-state index contributed by atoms with van der Waals surface area (Å²) in [6, 6.07) is 15.9. The van der Waals surface area contributed by atoms with Crippen LogP contribution in [-0.2, 0) is 4.79 Å². The van der Waals surface area contributed by atoms with E-state index in [0.717, 1.165) is 16.9 Å². The van der Waals surface area contributed by atoms with Crippen LogP contribution >= 0.6 is 0 Å². The zero-order valence-electron chi connectivity index (χ0n) is 16.0. The molecule has 0 saturated carbocycles. The lowest BCUT2D eigenvalue weighted by Gasteiger charge is -2.22. The summed E-state index contributed by atoms with van der Waals surface area (Å²) < 4.78 is 19.0. The first-order valence-electron chi connectivity index (χ1n) is 9.03. The summed E-state index contributed by atoms with van der Waals surface area (Å²) in [6.07, 6.45) is 0.627. The fourth-order valence-corrected chi connectivity index (χ4v) is 2.85. The molecule has 142 valence electrons. The fourth-order valence-electron chi connectivity index (χ4n) is 2.85. The number of benzene rings is 2. The van der Waals surface area contributed by atoms with Crippen molar-refractivity contribution >= 4 is 5.91 Å². The van der Waals surface area contributed by atoms with Crippen molar-refractivity contribution in [3.63, 3.8) is 0 Å². The van der Waals surface area contributed by atoms with Crippen LogP contribution in [0.3, 0.4) is 0 Å². The molecule has 0 unspecified atom stereocenters. The second-order valence-corrected chi connectivity index (χ2v) is 6.77. The number of carbonyl (C=O) groups excluding carboxylic acids is 1. The Morgan fingerprint density at radius 3 is 2.19 bits per heavy atom. The average molecular weight is 368 g/mol. The number of nitrogens with zero attached hydrogens (tertiary/aromatic N) is 2. The van der Waals surface area contributed by atoms with Gasteiger partial charge in [-0.1, -0.05) is 24.3 Å². The largest absolute Gasteiger partial charge is 0.491 e. The van der Waals surface area contributed by atoms with E-state index in [1.165, 1.54) is 12.1 Å². The van der Waals surface area contributed by atoms with E-state index in [9.17, 15) is 9.18 Å². The highest BCUT2D eigenvalue weighted by Crippen LogP contribution is 2.30. The predicted molar refractivity (Wildman–Crippen MR) is 103 cm³/mol. The van der Waals surface area contributed by atoms with Crippen molar-refractivity contribution in [1.29, 1.82) is 5.26 Å². The molecule has 0 radical (unpaired) electrons. The van der Waals surface area contributed by atoms with Crippen LogP contribution in [0.5, 0.6) is 5.75 Å². The molecule has 0 saturated heterocycles. The molecule has 5 heteroatoms. The summed E-state index contributed by atoms with van der Waals surface area (Å²) in [5.74, 6) is 0.206. The summed E-state index contributed by atoms with van der Waals surface area (Å²) in [4.78, 5) is 14.2. The molecule has 27 heavy (non-hydrogen) atoms. The minimum absolute atomic E-state index is 0.0536. The van der Waals surface area contributed by atoms with Crippen molar-refractivity contribution in [1.82, 2.24) is 4.90 Å². The molecule has 0 aliphatic rings. The minimum Gasteiger partial charge on any atom is -0.491 e. The molecule has 0 heterocycles. The molecule has 1 atom stereocenters. The van der Waals surface area contributed by atoms with Gasteiger partial charge in [0.1, 0.15) is 11.6 Å². The van der Waals surface area contributed by atoms with Gasteiger partial charge in [0.2, 0.25) is 5.91 Å². The molecule has 0 aliphatic heterocycles. The van der Waals surface area contributed by atoms with E-state index in [1.54, 1.807) is 24.1 Å². The smallest absolute Gasteiger partial charge is 0.223 e. The van der Waals surface area contributed by atoms with Gasteiger partial charge in [-0.05, 0) is 49.2 Å². The van der Waals surface area contributed by atoms with E-state index in [0.29, 0.717) is 13.0 Å². The second-order valence-electron chi connectivity index (χ2n) is 6.77. The standard InChI is InChI=1S/C22H25FN2O2/c1-16(2)27-20-11-7-18(8-12-20)21(17-5-9-19(23)10-6-17)15-22(26)25(3)14-4-13-24/h5-12,16,21H,4,14-15H2,1-3H3/t21-/m0/s1. The van der Waals surface area contributed by atoms with Gasteiger partial charge in [-0.2, -0.15) is 5.26 Å². The summed E-state index contributed by atoms with van der Waals surface area (Å²) in [6.45, 7) is 4.32. The van der Waals surface area contributed by atoms with Gasteiger partial charge in [0.25, 0.3) is 0 Å². The number of amides is 1. The van der Waals surface area contributed by atoms with Crippen molar-refractivity contribution in [3.8, 4) is 11.8 Å². The molecule has 1 amide bonds. The van der Waals surface area contributed by atoms with Crippen molar-refractivity contribution in [2.24, 2.45) is 0 Å². The van der Waals surface area contributed by atoms with Gasteiger partial charge in [0.15, 0.2) is 0 Å². The zero-order chi connectivity index (χ0) is 19.8. The summed E-state index contributed by atoms with van der Waals surface area (Å²) in [5, 5.41) is 8.71. The average Bonchev–Trinajstić information content (AvgIpc) is 2.65. The number of carbonyl (C=O) groups is 1. The normalized spacial score (nSPS) is 11.7. The number of hydrogen-bond acceptors (Lipinski definition) is 3. The Balaban J connectivity index is 2.26. The van der Waals surface area contributed by atoms with Crippen LogP contribution in [0.25, 0.3) is 0 Å². The molecular formula is C22H25FN2O2. The van der Waals surface area contributed by atoms with Gasteiger partial charge in [0.05, 0.1) is 18.6 Å². The molecular weight excluding hydrogens is 343 g/mol. The van der Waals surface area contributed by atoms with Crippen molar-refractivity contribution < 1.29 is 13.9 Å². The van der Waals surface area contributed by atoms with Gasteiger partial charge < -0.3 is 9.64 Å². The van der Waals surface area contributed by atoms with Crippen LogP contribution in [-0.4, -0.2) is 30.5 Å². The number of halogens is 1. The molecule has 2 rings (SSSR count). The second kappa shape index (κ2) is 9.72. The molecule has 0 N–H and O–H groups in total. The van der Waals surface area contributed by atoms with E-state index in [2.05, 4.69) is 0 Å². The van der Waals surface area contributed by atoms with Gasteiger partial charge in [0, 0.05) is 25.9 Å². The Hall–Kier alpha value is -2.87. The monoisotopic (exact) mass is 368 g/mol. The van der Waals surface area contributed by atoms with E-state index in [1.807, 2.05) is 44.2 Å². The Kier molecular flexibility index (Phi) is 7.36. The van der Waals surface area contributed by atoms with E-state index in [-0.39, 0.29) is 30.2 Å². The van der Waals surface area contributed by atoms with Gasteiger partial charge in [-0.25, -0.2) is 4.39 Å². The quantitative estimate of drug-likeness (QED) is 0.689. The lowest BCUT2D eigenvalue weighted by molar-refractivity contribution is -0.130. The summed E-state index contributed by atoms with van der Waals surface area (Å²) >= 11 is 0. The number of ether oxygens (including phenoxy) is 1. The van der Waals surface area contributed by atoms with Crippen LogP contribution in [0.15, 0.2) is 48.5 Å². The van der Waals surface area contributed by atoms with Crippen molar-refractivity contribution in [2.75, 3.05) is 13.6 Å². The first kappa shape index (κ1) is 20.4. The highest BCUT2D eigenvalue weighted by atomic mass is 19.1. The molecule has 0 spiro atoms. The Bertz CT molecular complexity index is 779.